The van der Waals surface area contributed by atoms with Gasteiger partial charge in [0.1, 0.15) is 0 Å². The fourth-order valence-corrected chi connectivity index (χ4v) is 3.10. The van der Waals surface area contributed by atoms with Crippen LogP contribution in [0.25, 0.3) is 0 Å². The summed E-state index contributed by atoms with van der Waals surface area (Å²) in [4.78, 5) is 11.9. The lowest BCUT2D eigenvalue weighted by molar-refractivity contribution is -0.122. The van der Waals surface area contributed by atoms with Crippen LogP contribution < -0.4 is 10.6 Å². The van der Waals surface area contributed by atoms with E-state index in [1.807, 2.05) is 0 Å². The van der Waals surface area contributed by atoms with Gasteiger partial charge in [0, 0.05) is 12.5 Å². The molecule has 2 fully saturated rings. The Morgan fingerprint density at radius 2 is 1.88 bits per heavy atom. The van der Waals surface area contributed by atoms with Crippen molar-refractivity contribution in [2.45, 2.75) is 39.0 Å². The number of rotatable bonds is 6. The fourth-order valence-electron chi connectivity index (χ4n) is 3.10. The molecule has 0 aliphatic heterocycles. The maximum Gasteiger partial charge on any atom is 0.223 e. The molecule has 0 radical (unpaired) electrons. The third-order valence-corrected chi connectivity index (χ3v) is 4.04. The van der Waals surface area contributed by atoms with Gasteiger partial charge in [-0.25, -0.2) is 0 Å². The van der Waals surface area contributed by atoms with Crippen molar-refractivity contribution in [3.8, 4) is 0 Å². The molecule has 2 aliphatic carbocycles. The summed E-state index contributed by atoms with van der Waals surface area (Å²) in [6, 6.07) is 0. The number of fused-ring (bicyclic) bond motifs is 1. The van der Waals surface area contributed by atoms with Gasteiger partial charge in [0.25, 0.3) is 0 Å². The topological polar surface area (TPSA) is 41.1 Å². The summed E-state index contributed by atoms with van der Waals surface area (Å²) in [6.45, 7) is 4.96. The highest BCUT2D eigenvalue weighted by Crippen LogP contribution is 2.55. The highest BCUT2D eigenvalue weighted by molar-refractivity contribution is 5.82. The highest BCUT2D eigenvalue weighted by atomic mass is 16.2. The molecule has 2 N–H and O–H groups in total. The van der Waals surface area contributed by atoms with Gasteiger partial charge in [0.05, 0.1) is 0 Å². The van der Waals surface area contributed by atoms with E-state index >= 15 is 0 Å². The SMILES string of the molecule is CCNCCCNC(=O)C1C2CCCCC21. The molecule has 0 heterocycles. The van der Waals surface area contributed by atoms with Gasteiger partial charge in [-0.2, -0.15) is 0 Å². The standard InChI is InChI=1S/C13H24N2O/c1-2-14-8-5-9-15-13(16)12-10-6-3-4-7-11(10)12/h10-12,14H,2-9H2,1H3,(H,15,16). The van der Waals surface area contributed by atoms with Crippen LogP contribution in [-0.4, -0.2) is 25.5 Å². The molecular weight excluding hydrogens is 200 g/mol. The molecule has 2 atom stereocenters. The molecule has 0 aromatic heterocycles. The minimum absolute atomic E-state index is 0.327. The lowest BCUT2D eigenvalue weighted by atomic mass is 10.0. The Kier molecular flexibility index (Phi) is 4.22. The van der Waals surface area contributed by atoms with Crippen LogP contribution in [0.1, 0.15) is 39.0 Å². The molecule has 2 unspecified atom stereocenters. The largest absolute Gasteiger partial charge is 0.356 e. The van der Waals surface area contributed by atoms with Gasteiger partial charge in [-0.05, 0) is 44.2 Å². The summed E-state index contributed by atoms with van der Waals surface area (Å²) in [5, 5.41) is 6.35. The molecule has 16 heavy (non-hydrogen) atoms. The van der Waals surface area contributed by atoms with Crippen LogP contribution in [0.3, 0.4) is 0 Å². The molecule has 92 valence electrons. The summed E-state index contributed by atoms with van der Waals surface area (Å²) in [5.74, 6) is 2.18. The predicted molar refractivity (Wildman–Crippen MR) is 65.1 cm³/mol. The lowest BCUT2D eigenvalue weighted by Gasteiger charge is -2.04. The number of carbonyl (C=O) groups is 1. The van der Waals surface area contributed by atoms with E-state index in [2.05, 4.69) is 17.6 Å². The molecule has 0 saturated heterocycles. The average Bonchev–Trinajstić information content (AvgIpc) is 3.02. The number of hydrogen-bond acceptors (Lipinski definition) is 2. The molecule has 3 nitrogen and oxygen atoms in total. The molecule has 2 aliphatic rings. The van der Waals surface area contributed by atoms with Gasteiger partial charge in [-0.15, -0.1) is 0 Å². The number of nitrogens with one attached hydrogen (secondary N) is 2. The number of carbonyl (C=O) groups excluding carboxylic acids is 1. The Hall–Kier alpha value is -0.570. The van der Waals surface area contributed by atoms with E-state index in [1.165, 1.54) is 25.7 Å². The summed E-state index contributed by atoms with van der Waals surface area (Å²) in [7, 11) is 0. The van der Waals surface area contributed by atoms with Crippen molar-refractivity contribution in [3.05, 3.63) is 0 Å². The van der Waals surface area contributed by atoms with Crippen molar-refractivity contribution < 1.29 is 4.79 Å². The minimum Gasteiger partial charge on any atom is -0.356 e. The average molecular weight is 224 g/mol. The van der Waals surface area contributed by atoms with Gasteiger partial charge in [-0.1, -0.05) is 19.8 Å². The zero-order chi connectivity index (χ0) is 11.4. The van der Waals surface area contributed by atoms with Crippen molar-refractivity contribution in [2.24, 2.45) is 17.8 Å². The zero-order valence-electron chi connectivity index (χ0n) is 10.3. The highest BCUT2D eigenvalue weighted by Gasteiger charge is 2.54. The third-order valence-electron chi connectivity index (χ3n) is 4.04. The molecule has 2 rings (SSSR count). The first kappa shape index (κ1) is 11.9. The molecule has 0 aromatic carbocycles. The Labute approximate surface area is 98.4 Å². The van der Waals surface area contributed by atoms with E-state index in [4.69, 9.17) is 0 Å². The van der Waals surface area contributed by atoms with E-state index in [-0.39, 0.29) is 0 Å². The number of amides is 1. The second kappa shape index (κ2) is 5.67. The monoisotopic (exact) mass is 224 g/mol. The van der Waals surface area contributed by atoms with Gasteiger partial charge >= 0.3 is 0 Å². The van der Waals surface area contributed by atoms with Crippen LogP contribution >= 0.6 is 0 Å². The summed E-state index contributed by atoms with van der Waals surface area (Å²) < 4.78 is 0. The fraction of sp³-hybridized carbons (Fsp3) is 0.923. The Morgan fingerprint density at radius 3 is 2.50 bits per heavy atom. The first-order valence-electron chi connectivity index (χ1n) is 6.83. The zero-order valence-corrected chi connectivity index (χ0v) is 10.3. The van der Waals surface area contributed by atoms with Crippen molar-refractivity contribution in [1.29, 1.82) is 0 Å². The van der Waals surface area contributed by atoms with E-state index in [0.717, 1.165) is 37.9 Å². The normalized spacial score (nSPS) is 31.9. The van der Waals surface area contributed by atoms with E-state index in [0.29, 0.717) is 11.8 Å². The first-order valence-corrected chi connectivity index (χ1v) is 6.83. The smallest absolute Gasteiger partial charge is 0.223 e. The molecule has 0 bridgehead atoms. The Morgan fingerprint density at radius 1 is 1.19 bits per heavy atom. The van der Waals surface area contributed by atoms with Crippen molar-refractivity contribution in [3.63, 3.8) is 0 Å². The van der Waals surface area contributed by atoms with Crippen LogP contribution in [0.15, 0.2) is 0 Å². The molecule has 1 amide bonds. The van der Waals surface area contributed by atoms with Gasteiger partial charge in [0.2, 0.25) is 5.91 Å². The van der Waals surface area contributed by atoms with Crippen molar-refractivity contribution in [2.75, 3.05) is 19.6 Å². The van der Waals surface area contributed by atoms with E-state index < -0.39 is 0 Å². The number of hydrogen-bond donors (Lipinski definition) is 2. The van der Waals surface area contributed by atoms with Crippen LogP contribution in [0.2, 0.25) is 0 Å². The Balaban J connectivity index is 1.58. The summed E-state index contributed by atoms with van der Waals surface area (Å²) in [5.41, 5.74) is 0. The second-order valence-electron chi connectivity index (χ2n) is 5.14. The third kappa shape index (κ3) is 2.76. The van der Waals surface area contributed by atoms with Crippen LogP contribution in [-0.2, 0) is 4.79 Å². The van der Waals surface area contributed by atoms with Gasteiger partial charge in [0.15, 0.2) is 0 Å². The molecule has 3 heteroatoms. The van der Waals surface area contributed by atoms with Gasteiger partial charge < -0.3 is 10.6 Å². The molecule has 0 spiro atoms. The van der Waals surface area contributed by atoms with Crippen LogP contribution in [0, 0.1) is 17.8 Å². The van der Waals surface area contributed by atoms with Gasteiger partial charge in [-0.3, -0.25) is 4.79 Å². The maximum atomic E-state index is 11.9. The van der Waals surface area contributed by atoms with Crippen molar-refractivity contribution in [1.82, 2.24) is 10.6 Å². The molecule has 2 saturated carbocycles. The summed E-state index contributed by atoms with van der Waals surface area (Å²) >= 11 is 0. The first-order chi connectivity index (χ1) is 7.84. The lowest BCUT2D eigenvalue weighted by Crippen LogP contribution is -2.29. The Bertz CT molecular complexity index is 230. The maximum absolute atomic E-state index is 11.9. The van der Waals surface area contributed by atoms with Crippen molar-refractivity contribution >= 4 is 5.91 Å². The van der Waals surface area contributed by atoms with Crippen LogP contribution in [0.4, 0.5) is 0 Å². The molecular formula is C13H24N2O. The molecule has 0 aromatic rings. The quantitative estimate of drug-likeness (QED) is 0.672. The van der Waals surface area contributed by atoms with E-state index in [1.54, 1.807) is 0 Å². The van der Waals surface area contributed by atoms with Crippen LogP contribution in [0.5, 0.6) is 0 Å². The van der Waals surface area contributed by atoms with E-state index in [9.17, 15) is 4.79 Å². The predicted octanol–water partition coefficient (Wildman–Crippen LogP) is 1.54. The summed E-state index contributed by atoms with van der Waals surface area (Å²) in [6.07, 6.45) is 6.30. The second-order valence-corrected chi connectivity index (χ2v) is 5.14. The minimum atomic E-state index is 0.327.